The Kier molecular flexibility index (Phi) is 4.93. The van der Waals surface area contributed by atoms with Gasteiger partial charge in [-0.05, 0) is 60.7 Å². The van der Waals surface area contributed by atoms with Gasteiger partial charge in [-0.3, -0.25) is 4.57 Å². The van der Waals surface area contributed by atoms with Crippen LogP contribution in [0.25, 0.3) is 16.7 Å². The van der Waals surface area contributed by atoms with Crippen LogP contribution in [0.3, 0.4) is 0 Å². The number of ether oxygens (including phenoxy) is 2. The van der Waals surface area contributed by atoms with Gasteiger partial charge in [0.05, 0.1) is 16.6 Å². The van der Waals surface area contributed by atoms with Crippen LogP contribution in [0.15, 0.2) is 79.1 Å². The van der Waals surface area contributed by atoms with Crippen LogP contribution in [0.2, 0.25) is 0 Å². The number of carbonyl (C=O) groups is 1. The number of aromatic nitrogens is 2. The highest BCUT2D eigenvalue weighted by Crippen LogP contribution is 2.20. The number of hydrogen-bond acceptors (Lipinski definition) is 4. The van der Waals surface area contributed by atoms with E-state index < -0.39 is 5.97 Å². The molecule has 0 aliphatic rings. The molecule has 0 spiro atoms. The van der Waals surface area contributed by atoms with Gasteiger partial charge >= 0.3 is 5.97 Å². The number of imidazole rings is 1. The molecule has 1 N–H and O–H groups in total. The van der Waals surface area contributed by atoms with Crippen molar-refractivity contribution in [1.29, 1.82) is 0 Å². The number of fused-ring (bicyclic) bond motifs is 1. The molecule has 1 aromatic heterocycles. The van der Waals surface area contributed by atoms with E-state index in [1.165, 1.54) is 12.1 Å². The first-order chi connectivity index (χ1) is 13.7. The summed E-state index contributed by atoms with van der Waals surface area (Å²) in [5.41, 5.74) is 3.25. The van der Waals surface area contributed by atoms with Crippen LogP contribution in [-0.4, -0.2) is 33.8 Å². The van der Waals surface area contributed by atoms with Crippen molar-refractivity contribution in [2.45, 2.75) is 0 Å². The zero-order valence-electron chi connectivity index (χ0n) is 15.0. The number of aromatic carboxylic acids is 1. The smallest absolute Gasteiger partial charge is 0.335 e. The lowest BCUT2D eigenvalue weighted by Gasteiger charge is -2.10. The number of para-hydroxylation sites is 2. The van der Waals surface area contributed by atoms with Crippen LogP contribution in [0.5, 0.6) is 11.5 Å². The first-order valence-electron chi connectivity index (χ1n) is 8.82. The van der Waals surface area contributed by atoms with E-state index in [9.17, 15) is 4.79 Å². The first-order valence-corrected chi connectivity index (χ1v) is 8.82. The predicted molar refractivity (Wildman–Crippen MR) is 105 cm³/mol. The predicted octanol–water partition coefficient (Wildman–Crippen LogP) is 4.18. The van der Waals surface area contributed by atoms with E-state index in [2.05, 4.69) is 4.98 Å². The molecular formula is C22H18N2O4. The molecule has 1 heterocycles. The Morgan fingerprint density at radius 1 is 0.857 bits per heavy atom. The summed E-state index contributed by atoms with van der Waals surface area (Å²) in [5.74, 6) is 0.399. The zero-order valence-corrected chi connectivity index (χ0v) is 15.0. The van der Waals surface area contributed by atoms with Crippen LogP contribution < -0.4 is 9.47 Å². The second kappa shape index (κ2) is 7.84. The topological polar surface area (TPSA) is 73.6 Å². The van der Waals surface area contributed by atoms with Gasteiger partial charge in [-0.25, -0.2) is 9.78 Å². The average molecular weight is 374 g/mol. The highest BCUT2D eigenvalue weighted by molar-refractivity contribution is 5.87. The Balaban J connectivity index is 1.32. The molecule has 28 heavy (non-hydrogen) atoms. The van der Waals surface area contributed by atoms with Crippen LogP contribution in [-0.2, 0) is 0 Å². The lowest BCUT2D eigenvalue weighted by molar-refractivity contribution is 0.0697. The molecule has 3 aromatic carbocycles. The second-order valence-electron chi connectivity index (χ2n) is 6.12. The van der Waals surface area contributed by atoms with Crippen molar-refractivity contribution in [3.63, 3.8) is 0 Å². The molecule has 0 saturated heterocycles. The van der Waals surface area contributed by atoms with E-state index in [1.807, 2.05) is 59.4 Å². The third kappa shape index (κ3) is 3.81. The summed E-state index contributed by atoms with van der Waals surface area (Å²) in [6.45, 7) is 0.744. The summed E-state index contributed by atoms with van der Waals surface area (Å²) in [5, 5.41) is 8.88. The molecule has 4 aromatic rings. The molecule has 6 heteroatoms. The molecule has 4 rings (SSSR count). The van der Waals surface area contributed by atoms with E-state index in [4.69, 9.17) is 14.6 Å². The number of carboxylic acids is 1. The number of rotatable bonds is 7. The SMILES string of the molecule is O=C(O)c1ccc(OCCOc2ccc(-n3cnc4ccccc43)cc2)cc1. The number of carboxylic acid groups (broad SMARTS) is 1. The van der Waals surface area contributed by atoms with Gasteiger partial charge in [0.1, 0.15) is 31.0 Å². The largest absolute Gasteiger partial charge is 0.490 e. The van der Waals surface area contributed by atoms with Crippen molar-refractivity contribution in [3.8, 4) is 17.2 Å². The summed E-state index contributed by atoms with van der Waals surface area (Å²) in [6, 6.07) is 22.1. The molecule has 0 saturated carbocycles. The summed E-state index contributed by atoms with van der Waals surface area (Å²) in [7, 11) is 0. The van der Waals surface area contributed by atoms with Crippen LogP contribution in [0.4, 0.5) is 0 Å². The maximum Gasteiger partial charge on any atom is 0.335 e. The van der Waals surface area contributed by atoms with E-state index >= 15 is 0 Å². The Morgan fingerprint density at radius 3 is 2.11 bits per heavy atom. The molecule has 0 bridgehead atoms. The Labute approximate surface area is 161 Å². The standard InChI is InChI=1S/C22H18N2O4/c25-22(26)16-5-9-18(10-6-16)27-13-14-28-19-11-7-17(8-12-19)24-15-23-20-3-1-2-4-21(20)24/h1-12,15H,13-14H2,(H,25,26). The monoisotopic (exact) mass is 374 g/mol. The summed E-state index contributed by atoms with van der Waals surface area (Å²) < 4.78 is 13.3. The molecule has 0 fully saturated rings. The van der Waals surface area contributed by atoms with Gasteiger partial charge < -0.3 is 14.6 Å². The molecular weight excluding hydrogens is 356 g/mol. The fourth-order valence-electron chi connectivity index (χ4n) is 2.88. The van der Waals surface area contributed by atoms with E-state index in [-0.39, 0.29) is 5.56 Å². The van der Waals surface area contributed by atoms with E-state index in [1.54, 1.807) is 12.1 Å². The maximum atomic E-state index is 10.8. The van der Waals surface area contributed by atoms with Crippen molar-refractivity contribution in [3.05, 3.63) is 84.7 Å². The second-order valence-corrected chi connectivity index (χ2v) is 6.12. The lowest BCUT2D eigenvalue weighted by atomic mass is 10.2. The fourth-order valence-corrected chi connectivity index (χ4v) is 2.88. The molecule has 0 aliphatic carbocycles. The van der Waals surface area contributed by atoms with Gasteiger partial charge in [0.25, 0.3) is 0 Å². The van der Waals surface area contributed by atoms with Gasteiger partial charge in [-0.15, -0.1) is 0 Å². The maximum absolute atomic E-state index is 10.8. The highest BCUT2D eigenvalue weighted by Gasteiger charge is 2.05. The number of nitrogens with zero attached hydrogens (tertiary/aromatic N) is 2. The minimum Gasteiger partial charge on any atom is -0.490 e. The highest BCUT2D eigenvalue weighted by atomic mass is 16.5. The van der Waals surface area contributed by atoms with Gasteiger partial charge in [0, 0.05) is 5.69 Å². The quantitative estimate of drug-likeness (QED) is 0.491. The summed E-state index contributed by atoms with van der Waals surface area (Å²) >= 11 is 0. The third-order valence-corrected chi connectivity index (χ3v) is 4.29. The third-order valence-electron chi connectivity index (χ3n) is 4.29. The Hall–Kier alpha value is -3.80. The van der Waals surface area contributed by atoms with E-state index in [0.29, 0.717) is 19.0 Å². The van der Waals surface area contributed by atoms with E-state index in [0.717, 1.165) is 22.5 Å². The Morgan fingerprint density at radius 2 is 1.46 bits per heavy atom. The molecule has 0 radical (unpaired) electrons. The zero-order chi connectivity index (χ0) is 19.3. The molecule has 6 nitrogen and oxygen atoms in total. The van der Waals surface area contributed by atoms with Crippen LogP contribution in [0.1, 0.15) is 10.4 Å². The molecule has 0 atom stereocenters. The summed E-state index contributed by atoms with van der Waals surface area (Å²) in [6.07, 6.45) is 1.81. The van der Waals surface area contributed by atoms with Gasteiger partial charge in [0.2, 0.25) is 0 Å². The van der Waals surface area contributed by atoms with Gasteiger partial charge in [-0.1, -0.05) is 12.1 Å². The fraction of sp³-hybridized carbons (Fsp3) is 0.0909. The molecule has 0 aliphatic heterocycles. The first kappa shape index (κ1) is 17.6. The van der Waals surface area contributed by atoms with Crippen molar-refractivity contribution < 1.29 is 19.4 Å². The van der Waals surface area contributed by atoms with Crippen molar-refractivity contribution in [2.24, 2.45) is 0 Å². The minimum atomic E-state index is -0.956. The minimum absolute atomic E-state index is 0.231. The molecule has 140 valence electrons. The molecule has 0 unspecified atom stereocenters. The van der Waals surface area contributed by atoms with Gasteiger partial charge in [-0.2, -0.15) is 0 Å². The Bertz CT molecular complexity index is 1090. The van der Waals surface area contributed by atoms with Crippen molar-refractivity contribution >= 4 is 17.0 Å². The van der Waals surface area contributed by atoms with Crippen molar-refractivity contribution in [2.75, 3.05) is 13.2 Å². The molecule has 0 amide bonds. The number of hydrogen-bond donors (Lipinski definition) is 1. The van der Waals surface area contributed by atoms with Crippen molar-refractivity contribution in [1.82, 2.24) is 9.55 Å². The van der Waals surface area contributed by atoms with Crippen LogP contribution in [0, 0.1) is 0 Å². The average Bonchev–Trinajstić information content (AvgIpc) is 3.16. The number of benzene rings is 3. The van der Waals surface area contributed by atoms with Gasteiger partial charge in [0.15, 0.2) is 0 Å². The normalized spacial score (nSPS) is 10.7. The summed E-state index contributed by atoms with van der Waals surface area (Å²) in [4.78, 5) is 15.2. The lowest BCUT2D eigenvalue weighted by Crippen LogP contribution is -2.09. The van der Waals surface area contributed by atoms with Crippen LogP contribution >= 0.6 is 0 Å².